The number of furan rings is 1. The first-order valence-corrected chi connectivity index (χ1v) is 12.6. The number of amides is 1. The summed E-state index contributed by atoms with van der Waals surface area (Å²) >= 11 is 7.58. The Morgan fingerprint density at radius 1 is 0.969 bits per heavy atom. The molecule has 1 amide bonds. The highest BCUT2D eigenvalue weighted by Crippen LogP contribution is 2.31. The molecule has 0 N–H and O–H groups in total. The van der Waals surface area contributed by atoms with E-state index < -0.39 is 10.0 Å². The van der Waals surface area contributed by atoms with Crippen LogP contribution in [0.4, 0.5) is 0 Å². The number of aromatic nitrogens is 1. The van der Waals surface area contributed by atoms with Crippen molar-refractivity contribution in [2.45, 2.75) is 4.90 Å². The van der Waals surface area contributed by atoms with Crippen LogP contribution in [0.2, 0.25) is 5.02 Å². The number of sulfonamides is 1. The molecule has 7 nitrogen and oxygen atoms in total. The van der Waals surface area contributed by atoms with Gasteiger partial charge in [0.1, 0.15) is 4.90 Å². The predicted octanol–water partition coefficient (Wildman–Crippen LogP) is 4.36. The van der Waals surface area contributed by atoms with Crippen LogP contribution in [0.15, 0.2) is 70.0 Å². The van der Waals surface area contributed by atoms with Crippen LogP contribution in [0, 0.1) is 0 Å². The molecule has 2 aromatic heterocycles. The van der Waals surface area contributed by atoms with Gasteiger partial charge >= 0.3 is 0 Å². The number of halogens is 1. The first kappa shape index (κ1) is 21.1. The van der Waals surface area contributed by atoms with Crippen LogP contribution in [-0.4, -0.2) is 54.7 Å². The van der Waals surface area contributed by atoms with Gasteiger partial charge in [0.25, 0.3) is 5.91 Å². The van der Waals surface area contributed by atoms with Crippen LogP contribution in [0.5, 0.6) is 0 Å². The van der Waals surface area contributed by atoms with Gasteiger partial charge in [-0.15, -0.1) is 11.3 Å². The highest BCUT2D eigenvalue weighted by molar-refractivity contribution is 7.89. The van der Waals surface area contributed by atoms with Gasteiger partial charge in [0.05, 0.1) is 15.2 Å². The van der Waals surface area contributed by atoms with E-state index in [9.17, 15) is 13.2 Å². The van der Waals surface area contributed by atoms with Crippen molar-refractivity contribution in [1.82, 2.24) is 14.2 Å². The molecule has 32 heavy (non-hydrogen) atoms. The average Bonchev–Trinajstić information content (AvgIpc) is 3.46. The van der Waals surface area contributed by atoms with E-state index in [1.807, 2.05) is 24.3 Å². The van der Waals surface area contributed by atoms with E-state index in [1.165, 1.54) is 21.7 Å². The fourth-order valence-electron chi connectivity index (χ4n) is 3.63. The summed E-state index contributed by atoms with van der Waals surface area (Å²) < 4.78 is 34.0. The average molecular weight is 488 g/mol. The third kappa shape index (κ3) is 3.81. The minimum atomic E-state index is -3.72. The number of carbonyl (C=O) groups excluding carboxylic acids is 1. The number of thiazole rings is 1. The Balaban J connectivity index is 1.28. The Morgan fingerprint density at radius 3 is 2.44 bits per heavy atom. The van der Waals surface area contributed by atoms with Crippen LogP contribution >= 0.6 is 22.9 Å². The zero-order valence-electron chi connectivity index (χ0n) is 16.8. The molecule has 0 bridgehead atoms. The molecule has 2 aromatic carbocycles. The lowest BCUT2D eigenvalue weighted by Gasteiger charge is -2.33. The Labute approximate surface area is 193 Å². The fourth-order valence-corrected chi connectivity index (χ4v) is 6.47. The molecule has 1 aliphatic rings. The fraction of sp³-hybridized carbons (Fsp3) is 0.182. The van der Waals surface area contributed by atoms with Gasteiger partial charge in [-0.2, -0.15) is 4.31 Å². The largest absolute Gasteiger partial charge is 0.448 e. The molecule has 0 atom stereocenters. The van der Waals surface area contributed by atoms with Gasteiger partial charge in [-0.3, -0.25) is 4.79 Å². The van der Waals surface area contributed by atoms with Crippen molar-refractivity contribution < 1.29 is 17.6 Å². The summed E-state index contributed by atoms with van der Waals surface area (Å²) in [5, 5.41) is 0.893. The number of hydrogen-bond acceptors (Lipinski definition) is 6. The maximum atomic E-state index is 12.9. The number of hydrogen-bond donors (Lipinski definition) is 0. The van der Waals surface area contributed by atoms with Crippen LogP contribution < -0.4 is 0 Å². The Morgan fingerprint density at radius 2 is 1.69 bits per heavy atom. The van der Waals surface area contributed by atoms with E-state index in [2.05, 4.69) is 4.98 Å². The molecule has 164 valence electrons. The van der Waals surface area contributed by atoms with E-state index in [1.54, 1.807) is 35.2 Å². The SMILES string of the molecule is O=C(c1ccc(-c2nc3ccccc3s2)o1)N1CCN(S(=O)(=O)c2ccccc2Cl)CC1. The molecule has 1 fully saturated rings. The molecule has 1 saturated heterocycles. The molecule has 10 heteroatoms. The Bertz CT molecular complexity index is 1370. The molecule has 3 heterocycles. The summed E-state index contributed by atoms with van der Waals surface area (Å²) in [5.41, 5.74) is 0.882. The Kier molecular flexibility index (Phi) is 5.50. The minimum absolute atomic E-state index is 0.0768. The number of carbonyl (C=O) groups is 1. The van der Waals surface area contributed by atoms with E-state index in [0.717, 1.165) is 10.2 Å². The van der Waals surface area contributed by atoms with Crippen LogP contribution in [0.1, 0.15) is 10.6 Å². The zero-order chi connectivity index (χ0) is 22.3. The normalized spacial score (nSPS) is 15.3. The van der Waals surface area contributed by atoms with Crippen LogP contribution in [0.25, 0.3) is 21.0 Å². The highest BCUT2D eigenvalue weighted by Gasteiger charge is 2.32. The second-order valence-corrected chi connectivity index (χ2v) is 10.6. The van der Waals surface area contributed by atoms with Gasteiger partial charge in [0.2, 0.25) is 10.0 Å². The van der Waals surface area contributed by atoms with Crippen molar-refractivity contribution in [3.05, 3.63) is 71.4 Å². The molecule has 0 spiro atoms. The smallest absolute Gasteiger partial charge is 0.289 e. The molecule has 0 aliphatic carbocycles. The number of rotatable bonds is 4. The number of nitrogens with zero attached hydrogens (tertiary/aromatic N) is 3. The highest BCUT2D eigenvalue weighted by atomic mass is 35.5. The summed E-state index contributed by atoms with van der Waals surface area (Å²) in [6.45, 7) is 0.898. The van der Waals surface area contributed by atoms with Crippen molar-refractivity contribution >= 4 is 49.1 Å². The predicted molar refractivity (Wildman–Crippen MR) is 123 cm³/mol. The lowest BCUT2D eigenvalue weighted by molar-refractivity contribution is 0.0667. The molecular formula is C22H18ClN3O4S2. The molecule has 1 aliphatic heterocycles. The molecule has 0 radical (unpaired) electrons. The lowest BCUT2D eigenvalue weighted by Crippen LogP contribution is -2.50. The van der Waals surface area contributed by atoms with Crippen molar-refractivity contribution in [1.29, 1.82) is 0 Å². The van der Waals surface area contributed by atoms with Crippen LogP contribution in [-0.2, 0) is 10.0 Å². The molecule has 5 rings (SSSR count). The maximum absolute atomic E-state index is 12.9. The topological polar surface area (TPSA) is 83.7 Å². The first-order chi connectivity index (χ1) is 15.4. The van der Waals surface area contributed by atoms with Gasteiger partial charge in [-0.05, 0) is 36.4 Å². The summed E-state index contributed by atoms with van der Waals surface area (Å²) in [4.78, 5) is 19.2. The second kappa shape index (κ2) is 8.32. The van der Waals surface area contributed by atoms with Crippen molar-refractivity contribution in [3.63, 3.8) is 0 Å². The molecule has 4 aromatic rings. The lowest BCUT2D eigenvalue weighted by atomic mass is 10.3. The van der Waals surface area contributed by atoms with Gasteiger partial charge in [-0.25, -0.2) is 13.4 Å². The third-order valence-electron chi connectivity index (χ3n) is 5.30. The summed E-state index contributed by atoms with van der Waals surface area (Å²) in [7, 11) is -3.72. The van der Waals surface area contributed by atoms with Gasteiger partial charge in [0.15, 0.2) is 16.5 Å². The van der Waals surface area contributed by atoms with E-state index in [-0.39, 0.29) is 47.8 Å². The van der Waals surface area contributed by atoms with Crippen molar-refractivity contribution in [3.8, 4) is 10.8 Å². The minimum Gasteiger partial charge on any atom is -0.448 e. The standard InChI is InChI=1S/C22H18ClN3O4S2/c23-15-5-1-4-8-20(15)32(28,29)26-13-11-25(12-14-26)22(27)18-10-9-17(30-18)21-24-16-6-2-3-7-19(16)31-21/h1-10H,11-14H2. The summed E-state index contributed by atoms with van der Waals surface area (Å²) in [6.07, 6.45) is 0. The quantitative estimate of drug-likeness (QED) is 0.427. The van der Waals surface area contributed by atoms with Gasteiger partial charge in [-0.1, -0.05) is 35.9 Å². The number of benzene rings is 2. The summed E-state index contributed by atoms with van der Waals surface area (Å²) in [6, 6.07) is 17.5. The molecule has 0 unspecified atom stereocenters. The van der Waals surface area contributed by atoms with E-state index >= 15 is 0 Å². The van der Waals surface area contributed by atoms with Crippen LogP contribution in [0.3, 0.4) is 0 Å². The summed E-state index contributed by atoms with van der Waals surface area (Å²) in [5.74, 6) is 0.475. The monoisotopic (exact) mass is 487 g/mol. The number of piperazine rings is 1. The van der Waals surface area contributed by atoms with Crippen molar-refractivity contribution in [2.24, 2.45) is 0 Å². The first-order valence-electron chi connectivity index (χ1n) is 9.93. The second-order valence-electron chi connectivity index (χ2n) is 7.28. The molecule has 0 saturated carbocycles. The van der Waals surface area contributed by atoms with Gasteiger partial charge in [0, 0.05) is 26.2 Å². The molecular weight excluding hydrogens is 470 g/mol. The number of fused-ring (bicyclic) bond motifs is 1. The van der Waals surface area contributed by atoms with Gasteiger partial charge < -0.3 is 9.32 Å². The number of para-hydroxylation sites is 1. The van der Waals surface area contributed by atoms with Crippen molar-refractivity contribution in [2.75, 3.05) is 26.2 Å². The van der Waals surface area contributed by atoms with E-state index in [0.29, 0.717) is 10.8 Å². The third-order valence-corrected chi connectivity index (χ3v) is 8.75. The Hall–Kier alpha value is -2.72. The van der Waals surface area contributed by atoms with E-state index in [4.69, 9.17) is 16.0 Å². The zero-order valence-corrected chi connectivity index (χ0v) is 19.2. The maximum Gasteiger partial charge on any atom is 0.289 e.